The molecule has 3 atom stereocenters. The number of alkyl halides is 6. The molecule has 0 aliphatic carbocycles. The molecule has 2 heterocycles. The molecule has 0 bridgehead atoms. The maximum atomic E-state index is 13.7. The first-order chi connectivity index (χ1) is 14.8. The lowest BCUT2D eigenvalue weighted by molar-refractivity contribution is -0.157. The number of rotatable bonds is 3. The molecule has 3 N–H and O–H groups in total. The standard InChI is InChI=1S/C20H20F6N4O2/c21-19(22,23)14-7-11(1-2-12(14)9-27)13-8-15(29-16(13)20(24,25)26)18(32)30-5-3-10(4-6-30)17(28)31/h1-2,7,10,13,15-16,29H,3-6,8H2,(H2,28,31)/t13?,15-,16+/m0/s1. The summed E-state index contributed by atoms with van der Waals surface area (Å²) in [6.07, 6.45) is -9.50. The number of benzene rings is 1. The summed E-state index contributed by atoms with van der Waals surface area (Å²) in [5.41, 5.74) is 2.98. The molecule has 2 saturated heterocycles. The average Bonchev–Trinajstić information content (AvgIpc) is 3.18. The van der Waals surface area contributed by atoms with Gasteiger partial charge in [0.15, 0.2) is 0 Å². The Hall–Kier alpha value is -2.81. The van der Waals surface area contributed by atoms with Gasteiger partial charge < -0.3 is 10.6 Å². The monoisotopic (exact) mass is 462 g/mol. The maximum absolute atomic E-state index is 13.7. The molecule has 0 radical (unpaired) electrons. The first-order valence-electron chi connectivity index (χ1n) is 9.85. The highest BCUT2D eigenvalue weighted by Gasteiger charge is 2.53. The molecule has 12 heteroatoms. The van der Waals surface area contributed by atoms with Crippen LogP contribution >= 0.6 is 0 Å². The Labute approximate surface area is 179 Å². The third-order valence-corrected chi connectivity index (χ3v) is 6.03. The summed E-state index contributed by atoms with van der Waals surface area (Å²) >= 11 is 0. The number of nitrogens with two attached hydrogens (primary N) is 1. The van der Waals surface area contributed by atoms with Crippen LogP contribution in [0.2, 0.25) is 0 Å². The maximum Gasteiger partial charge on any atom is 0.417 e. The molecule has 174 valence electrons. The summed E-state index contributed by atoms with van der Waals surface area (Å²) in [6, 6.07) is 0.367. The summed E-state index contributed by atoms with van der Waals surface area (Å²) in [5.74, 6) is -2.96. The van der Waals surface area contributed by atoms with Crippen molar-refractivity contribution in [3.63, 3.8) is 0 Å². The largest absolute Gasteiger partial charge is 0.417 e. The molecule has 6 nitrogen and oxygen atoms in total. The Bertz CT molecular complexity index is 931. The number of primary amides is 1. The van der Waals surface area contributed by atoms with Crippen molar-refractivity contribution in [2.75, 3.05) is 13.1 Å². The molecular weight excluding hydrogens is 442 g/mol. The lowest BCUT2D eigenvalue weighted by Gasteiger charge is -2.32. The lowest BCUT2D eigenvalue weighted by atomic mass is 9.88. The summed E-state index contributed by atoms with van der Waals surface area (Å²) in [5, 5.41) is 11.2. The fourth-order valence-corrected chi connectivity index (χ4v) is 4.34. The minimum absolute atomic E-state index is 0.154. The van der Waals surface area contributed by atoms with Crippen molar-refractivity contribution in [2.45, 2.75) is 49.6 Å². The number of nitrogens with zero attached hydrogens (tertiary/aromatic N) is 2. The van der Waals surface area contributed by atoms with E-state index in [2.05, 4.69) is 5.32 Å². The second-order valence-corrected chi connectivity index (χ2v) is 8.00. The van der Waals surface area contributed by atoms with E-state index in [4.69, 9.17) is 11.0 Å². The summed E-state index contributed by atoms with van der Waals surface area (Å²) in [6.45, 7) is 0.308. The summed E-state index contributed by atoms with van der Waals surface area (Å²) in [7, 11) is 0. The minimum atomic E-state index is -4.92. The molecule has 2 amide bonds. The molecule has 2 fully saturated rings. The van der Waals surface area contributed by atoms with E-state index < -0.39 is 59.2 Å². The number of hydrogen-bond donors (Lipinski definition) is 2. The van der Waals surface area contributed by atoms with Crippen LogP contribution in [0.1, 0.15) is 41.9 Å². The van der Waals surface area contributed by atoms with Crippen LogP contribution in [0.25, 0.3) is 0 Å². The third kappa shape index (κ3) is 4.82. The number of halogens is 6. The molecule has 2 aliphatic heterocycles. The predicted octanol–water partition coefficient (Wildman–Crippen LogP) is 2.68. The number of piperidine rings is 1. The SMILES string of the molecule is N#Cc1ccc(C2C[C@@H](C(=O)N3CCC(C(N)=O)CC3)N[C@H]2C(F)(F)F)cc1C(F)(F)F. The van der Waals surface area contributed by atoms with Crippen LogP contribution < -0.4 is 11.1 Å². The van der Waals surface area contributed by atoms with Crippen LogP contribution in [0.5, 0.6) is 0 Å². The Morgan fingerprint density at radius 2 is 1.75 bits per heavy atom. The number of carbonyl (C=O) groups is 2. The highest BCUT2D eigenvalue weighted by Crippen LogP contribution is 2.42. The fourth-order valence-electron chi connectivity index (χ4n) is 4.34. The van der Waals surface area contributed by atoms with Crippen LogP contribution in [-0.2, 0) is 15.8 Å². The van der Waals surface area contributed by atoms with Gasteiger partial charge in [0.2, 0.25) is 11.8 Å². The highest BCUT2D eigenvalue weighted by molar-refractivity contribution is 5.83. The molecule has 1 aromatic carbocycles. The Balaban J connectivity index is 1.85. The second-order valence-electron chi connectivity index (χ2n) is 8.00. The van der Waals surface area contributed by atoms with Gasteiger partial charge in [-0.15, -0.1) is 0 Å². The van der Waals surface area contributed by atoms with Gasteiger partial charge in [0.25, 0.3) is 0 Å². The summed E-state index contributed by atoms with van der Waals surface area (Å²) in [4.78, 5) is 25.4. The lowest BCUT2D eigenvalue weighted by Crippen LogP contribution is -2.51. The number of nitriles is 1. The van der Waals surface area contributed by atoms with Gasteiger partial charge in [-0.3, -0.25) is 14.9 Å². The predicted molar refractivity (Wildman–Crippen MR) is 98.8 cm³/mol. The van der Waals surface area contributed by atoms with Crippen molar-refractivity contribution in [2.24, 2.45) is 11.7 Å². The van der Waals surface area contributed by atoms with Crippen LogP contribution in [0.15, 0.2) is 18.2 Å². The van der Waals surface area contributed by atoms with Gasteiger partial charge in [0, 0.05) is 24.9 Å². The zero-order valence-electron chi connectivity index (χ0n) is 16.6. The average molecular weight is 462 g/mol. The van der Waals surface area contributed by atoms with Crippen LogP contribution in [-0.4, -0.2) is 48.1 Å². The molecule has 0 spiro atoms. The van der Waals surface area contributed by atoms with E-state index in [1.54, 1.807) is 0 Å². The van der Waals surface area contributed by atoms with Gasteiger partial charge in [-0.1, -0.05) is 6.07 Å². The van der Waals surface area contributed by atoms with E-state index in [0.29, 0.717) is 18.9 Å². The van der Waals surface area contributed by atoms with Crippen LogP contribution in [0, 0.1) is 17.2 Å². The molecule has 3 rings (SSSR count). The number of likely N-dealkylation sites (tertiary alicyclic amines) is 1. The minimum Gasteiger partial charge on any atom is -0.369 e. The Morgan fingerprint density at radius 3 is 2.25 bits per heavy atom. The van der Waals surface area contributed by atoms with Crippen molar-refractivity contribution in [3.05, 3.63) is 34.9 Å². The molecular formula is C20H20F6N4O2. The molecule has 0 saturated carbocycles. The smallest absolute Gasteiger partial charge is 0.369 e. The first kappa shape index (κ1) is 23.8. The van der Waals surface area contributed by atoms with Crippen molar-refractivity contribution in [1.29, 1.82) is 5.26 Å². The number of carbonyl (C=O) groups excluding carboxylic acids is 2. The Kier molecular flexibility index (Phi) is 6.42. The normalized spacial score (nSPS) is 24.9. The molecule has 1 unspecified atom stereocenters. The van der Waals surface area contributed by atoms with E-state index in [0.717, 1.165) is 12.1 Å². The van der Waals surface area contributed by atoms with E-state index in [1.165, 1.54) is 11.0 Å². The molecule has 2 aliphatic rings. The van der Waals surface area contributed by atoms with Crippen molar-refractivity contribution < 1.29 is 35.9 Å². The highest BCUT2D eigenvalue weighted by atomic mass is 19.4. The van der Waals surface area contributed by atoms with Crippen LogP contribution in [0.3, 0.4) is 0 Å². The van der Waals surface area contributed by atoms with E-state index in [9.17, 15) is 35.9 Å². The zero-order valence-corrected chi connectivity index (χ0v) is 16.6. The fraction of sp³-hybridized carbons (Fsp3) is 0.550. The number of hydrogen-bond acceptors (Lipinski definition) is 4. The van der Waals surface area contributed by atoms with Crippen molar-refractivity contribution in [3.8, 4) is 6.07 Å². The molecule has 32 heavy (non-hydrogen) atoms. The number of nitrogens with one attached hydrogen (secondary N) is 1. The molecule has 0 aromatic heterocycles. The van der Waals surface area contributed by atoms with Crippen molar-refractivity contribution >= 4 is 11.8 Å². The zero-order chi connectivity index (χ0) is 23.8. The number of amides is 2. The van der Waals surface area contributed by atoms with E-state index >= 15 is 0 Å². The van der Waals surface area contributed by atoms with Gasteiger partial charge >= 0.3 is 12.4 Å². The first-order valence-corrected chi connectivity index (χ1v) is 9.85. The van der Waals surface area contributed by atoms with Crippen LogP contribution in [0.4, 0.5) is 26.3 Å². The quantitative estimate of drug-likeness (QED) is 0.675. The topological polar surface area (TPSA) is 99.2 Å². The van der Waals surface area contributed by atoms with Gasteiger partial charge in [-0.25, -0.2) is 0 Å². The Morgan fingerprint density at radius 1 is 1.12 bits per heavy atom. The van der Waals surface area contributed by atoms with Gasteiger partial charge in [-0.2, -0.15) is 31.6 Å². The van der Waals surface area contributed by atoms with Gasteiger partial charge in [-0.05, 0) is 37.0 Å². The van der Waals surface area contributed by atoms with E-state index in [-0.39, 0.29) is 25.1 Å². The van der Waals surface area contributed by atoms with Crippen molar-refractivity contribution in [1.82, 2.24) is 10.2 Å². The summed E-state index contributed by atoms with van der Waals surface area (Å²) < 4.78 is 80.9. The second kappa shape index (κ2) is 8.61. The van der Waals surface area contributed by atoms with Gasteiger partial charge in [0.1, 0.15) is 6.04 Å². The third-order valence-electron chi connectivity index (χ3n) is 6.03. The van der Waals surface area contributed by atoms with Gasteiger partial charge in [0.05, 0.1) is 23.2 Å². The molecule has 1 aromatic rings. The van der Waals surface area contributed by atoms with E-state index in [1.807, 2.05) is 0 Å².